The van der Waals surface area contributed by atoms with Crippen molar-refractivity contribution in [1.82, 2.24) is 14.3 Å². The zero-order valence-electron chi connectivity index (χ0n) is 16.0. The van der Waals surface area contributed by atoms with Crippen molar-refractivity contribution in [3.8, 4) is 0 Å². The van der Waals surface area contributed by atoms with Gasteiger partial charge in [-0.1, -0.05) is 0 Å². The van der Waals surface area contributed by atoms with Crippen LogP contribution in [0.2, 0.25) is 0 Å². The van der Waals surface area contributed by atoms with Crippen LogP contribution >= 0.6 is 0 Å². The predicted octanol–water partition coefficient (Wildman–Crippen LogP) is 2.44. The molecule has 4 rings (SSSR count). The van der Waals surface area contributed by atoms with E-state index >= 15 is 0 Å². The molecule has 2 fully saturated rings. The molecule has 0 aliphatic carbocycles. The summed E-state index contributed by atoms with van der Waals surface area (Å²) in [6.07, 6.45) is 6.62. The maximum Gasteiger partial charge on any atom is 0.495 e. The topological polar surface area (TPSA) is 39.0 Å². The van der Waals surface area contributed by atoms with Crippen molar-refractivity contribution in [1.29, 1.82) is 0 Å². The number of fused-ring (bicyclic) bond motifs is 1. The van der Waals surface area contributed by atoms with E-state index in [0.29, 0.717) is 5.92 Å². The minimum atomic E-state index is -0.335. The number of imidazole rings is 1. The molecule has 0 atom stereocenters. The fourth-order valence-electron chi connectivity index (χ4n) is 3.64. The summed E-state index contributed by atoms with van der Waals surface area (Å²) in [5, 5.41) is 0. The highest BCUT2D eigenvalue weighted by Gasteiger charge is 2.51. The summed E-state index contributed by atoms with van der Waals surface area (Å²) in [7, 11) is 1.86. The second-order valence-corrected chi connectivity index (χ2v) is 8.56. The van der Waals surface area contributed by atoms with Gasteiger partial charge in [0.1, 0.15) is 5.65 Å². The first-order chi connectivity index (χ1) is 11.7. The van der Waals surface area contributed by atoms with Crippen molar-refractivity contribution in [3.63, 3.8) is 0 Å². The minimum absolute atomic E-state index is 0.321. The summed E-state index contributed by atoms with van der Waals surface area (Å²) in [6, 6.07) is 4.18. The lowest BCUT2D eigenvalue weighted by Gasteiger charge is -2.32. The number of likely N-dealkylation sites (tertiary alicyclic amines) is 1. The van der Waals surface area contributed by atoms with Crippen LogP contribution in [0.3, 0.4) is 0 Å². The van der Waals surface area contributed by atoms with Crippen LogP contribution in [0.25, 0.3) is 5.65 Å². The summed E-state index contributed by atoms with van der Waals surface area (Å²) in [4.78, 5) is 7.29. The number of hydrogen-bond acceptors (Lipinski definition) is 4. The lowest BCUT2D eigenvalue weighted by atomic mass is 9.80. The van der Waals surface area contributed by atoms with Crippen LogP contribution in [-0.4, -0.2) is 52.7 Å². The molecule has 5 nitrogen and oxygen atoms in total. The molecule has 6 heteroatoms. The Morgan fingerprint density at radius 3 is 2.40 bits per heavy atom. The largest absolute Gasteiger partial charge is 0.495 e. The number of pyridine rings is 1. The summed E-state index contributed by atoms with van der Waals surface area (Å²) in [5.74, 6) is 0.566. The van der Waals surface area contributed by atoms with E-state index in [0.717, 1.165) is 24.2 Å². The van der Waals surface area contributed by atoms with E-state index in [9.17, 15) is 0 Å². The molecule has 0 saturated carbocycles. The molecule has 25 heavy (non-hydrogen) atoms. The number of rotatable bonds is 2. The van der Waals surface area contributed by atoms with E-state index in [1.807, 2.05) is 0 Å². The highest BCUT2D eigenvalue weighted by Crippen LogP contribution is 2.36. The van der Waals surface area contributed by atoms with Gasteiger partial charge in [0, 0.05) is 18.3 Å². The molecule has 0 radical (unpaired) electrons. The average molecular weight is 341 g/mol. The van der Waals surface area contributed by atoms with Crippen molar-refractivity contribution in [3.05, 3.63) is 30.2 Å². The van der Waals surface area contributed by atoms with Gasteiger partial charge >= 0.3 is 7.12 Å². The molecule has 0 spiro atoms. The van der Waals surface area contributed by atoms with Gasteiger partial charge in [0.25, 0.3) is 0 Å². The Hall–Kier alpha value is -1.37. The van der Waals surface area contributed by atoms with E-state index < -0.39 is 0 Å². The molecule has 2 aliphatic rings. The minimum Gasteiger partial charge on any atom is -0.399 e. The molecule has 2 saturated heterocycles. The molecule has 0 unspecified atom stereocenters. The third-order valence-corrected chi connectivity index (χ3v) is 6.17. The molecule has 0 aromatic carbocycles. The highest BCUT2D eigenvalue weighted by atomic mass is 16.7. The third kappa shape index (κ3) is 3.00. The second kappa shape index (κ2) is 5.83. The Kier molecular flexibility index (Phi) is 3.98. The van der Waals surface area contributed by atoms with Crippen molar-refractivity contribution in [2.45, 2.75) is 57.7 Å². The molecule has 2 aliphatic heterocycles. The number of piperidine rings is 1. The predicted molar refractivity (Wildman–Crippen MR) is 100 cm³/mol. The first-order valence-corrected chi connectivity index (χ1v) is 9.28. The van der Waals surface area contributed by atoms with Crippen LogP contribution in [0, 0.1) is 0 Å². The van der Waals surface area contributed by atoms with Crippen LogP contribution < -0.4 is 5.46 Å². The first-order valence-electron chi connectivity index (χ1n) is 9.28. The second-order valence-electron chi connectivity index (χ2n) is 8.56. The quantitative estimate of drug-likeness (QED) is 0.787. The zero-order chi connectivity index (χ0) is 17.8. The molecule has 0 N–H and O–H groups in total. The van der Waals surface area contributed by atoms with Gasteiger partial charge in [-0.3, -0.25) is 0 Å². The first kappa shape index (κ1) is 17.1. The number of aromatic nitrogens is 2. The van der Waals surface area contributed by atoms with E-state index in [2.05, 4.69) is 68.6 Å². The van der Waals surface area contributed by atoms with E-state index in [1.54, 1.807) is 0 Å². The van der Waals surface area contributed by atoms with Crippen molar-refractivity contribution < 1.29 is 9.31 Å². The average Bonchev–Trinajstić information content (AvgIpc) is 3.05. The van der Waals surface area contributed by atoms with E-state index in [-0.39, 0.29) is 18.3 Å². The van der Waals surface area contributed by atoms with Crippen LogP contribution in [-0.2, 0) is 9.31 Å². The van der Waals surface area contributed by atoms with Gasteiger partial charge in [-0.25, -0.2) is 4.98 Å². The van der Waals surface area contributed by atoms with E-state index in [1.165, 1.54) is 18.5 Å². The summed E-state index contributed by atoms with van der Waals surface area (Å²) in [5.41, 5.74) is 2.57. The summed E-state index contributed by atoms with van der Waals surface area (Å²) in [6.45, 7) is 10.6. The molecule has 0 amide bonds. The Labute approximate surface area is 150 Å². The fourth-order valence-corrected chi connectivity index (χ4v) is 3.64. The smallest absolute Gasteiger partial charge is 0.399 e. The Morgan fingerprint density at radius 2 is 1.76 bits per heavy atom. The van der Waals surface area contributed by atoms with Gasteiger partial charge < -0.3 is 18.6 Å². The molecular formula is C19H28BN3O2. The van der Waals surface area contributed by atoms with Gasteiger partial charge in [-0.05, 0) is 78.3 Å². The Balaban J connectivity index is 1.59. The van der Waals surface area contributed by atoms with Gasteiger partial charge in [0.05, 0.1) is 16.9 Å². The monoisotopic (exact) mass is 341 g/mol. The normalized spacial score (nSPS) is 24.3. The zero-order valence-corrected chi connectivity index (χ0v) is 16.0. The van der Waals surface area contributed by atoms with Crippen molar-refractivity contribution in [2.75, 3.05) is 20.1 Å². The lowest BCUT2D eigenvalue weighted by Crippen LogP contribution is -2.41. The molecular weight excluding hydrogens is 313 g/mol. The Bertz CT molecular complexity index is 762. The van der Waals surface area contributed by atoms with Crippen molar-refractivity contribution in [2.24, 2.45) is 0 Å². The van der Waals surface area contributed by atoms with Crippen LogP contribution in [0.15, 0.2) is 24.5 Å². The maximum atomic E-state index is 6.17. The standard InChI is InChI=1S/C19H28BN3O2/c1-18(2)19(3,4)25-20(24-18)15-8-11-23-13-16(21-17(23)12-15)14-6-9-22(5)10-7-14/h8,11-14H,6-7,9-10H2,1-5H3. The lowest BCUT2D eigenvalue weighted by molar-refractivity contribution is 0.00578. The highest BCUT2D eigenvalue weighted by molar-refractivity contribution is 6.62. The summed E-state index contributed by atoms with van der Waals surface area (Å²) >= 11 is 0. The van der Waals surface area contributed by atoms with E-state index in [4.69, 9.17) is 14.3 Å². The SMILES string of the molecule is CN1CCC(c2cn3ccc(B4OC(C)(C)C(C)(C)O4)cc3n2)CC1. The van der Waals surface area contributed by atoms with Gasteiger partial charge in [-0.2, -0.15) is 0 Å². The van der Waals surface area contributed by atoms with Gasteiger partial charge in [-0.15, -0.1) is 0 Å². The van der Waals surface area contributed by atoms with Crippen molar-refractivity contribution >= 4 is 18.2 Å². The molecule has 4 heterocycles. The fraction of sp³-hybridized carbons (Fsp3) is 0.632. The molecule has 134 valence electrons. The number of nitrogens with zero attached hydrogens (tertiary/aromatic N) is 3. The van der Waals surface area contributed by atoms with Crippen LogP contribution in [0.1, 0.15) is 52.1 Å². The molecule has 2 aromatic rings. The summed E-state index contributed by atoms with van der Waals surface area (Å²) < 4.78 is 14.5. The van der Waals surface area contributed by atoms with Crippen LogP contribution in [0.5, 0.6) is 0 Å². The van der Waals surface area contributed by atoms with Gasteiger partial charge in [0.2, 0.25) is 0 Å². The molecule has 0 bridgehead atoms. The number of hydrogen-bond donors (Lipinski definition) is 0. The third-order valence-electron chi connectivity index (χ3n) is 6.17. The maximum absolute atomic E-state index is 6.17. The Morgan fingerprint density at radius 1 is 1.12 bits per heavy atom. The van der Waals surface area contributed by atoms with Gasteiger partial charge in [0.15, 0.2) is 0 Å². The molecule has 2 aromatic heterocycles. The van der Waals surface area contributed by atoms with Crippen LogP contribution in [0.4, 0.5) is 0 Å².